The number of hydrogen-bond donors (Lipinski definition) is 1. The Bertz CT molecular complexity index is 438. The van der Waals surface area contributed by atoms with Crippen molar-refractivity contribution in [3.05, 3.63) is 34.3 Å². The van der Waals surface area contributed by atoms with Crippen molar-refractivity contribution in [3.8, 4) is 0 Å². The number of hydrogen-bond acceptors (Lipinski definition) is 4. The van der Waals surface area contributed by atoms with Crippen LogP contribution >= 0.6 is 15.9 Å². The van der Waals surface area contributed by atoms with Crippen LogP contribution in [0.4, 0.5) is 0 Å². The lowest BCUT2D eigenvalue weighted by atomic mass is 10.0. The van der Waals surface area contributed by atoms with Crippen molar-refractivity contribution in [2.45, 2.75) is 19.6 Å². The van der Waals surface area contributed by atoms with Gasteiger partial charge in [0.15, 0.2) is 0 Å². The van der Waals surface area contributed by atoms with Gasteiger partial charge in [-0.1, -0.05) is 35.0 Å². The van der Waals surface area contributed by atoms with Gasteiger partial charge in [0.2, 0.25) is 0 Å². The van der Waals surface area contributed by atoms with E-state index in [1.807, 2.05) is 31.2 Å². The summed E-state index contributed by atoms with van der Waals surface area (Å²) in [6, 6.07) is 7.82. The van der Waals surface area contributed by atoms with Crippen LogP contribution in [0.2, 0.25) is 0 Å². The van der Waals surface area contributed by atoms with Gasteiger partial charge in [-0.2, -0.15) is 0 Å². The van der Waals surface area contributed by atoms with Gasteiger partial charge in [-0.3, -0.25) is 4.79 Å². The van der Waals surface area contributed by atoms with Gasteiger partial charge in [-0.25, -0.2) is 0 Å². The lowest BCUT2D eigenvalue weighted by Gasteiger charge is -2.17. The third kappa shape index (κ3) is 4.03. The summed E-state index contributed by atoms with van der Waals surface area (Å²) >= 11 is 3.40. The Labute approximate surface area is 121 Å². The van der Waals surface area contributed by atoms with E-state index in [0.29, 0.717) is 19.8 Å². The van der Waals surface area contributed by atoms with Gasteiger partial charge in [0.1, 0.15) is 6.61 Å². The average Bonchev–Trinajstić information content (AvgIpc) is 2.85. The van der Waals surface area contributed by atoms with Crippen LogP contribution in [0.3, 0.4) is 0 Å². The third-order valence-corrected chi connectivity index (χ3v) is 3.61. The number of rotatable bonds is 5. The van der Waals surface area contributed by atoms with Crippen LogP contribution in [0.5, 0.6) is 0 Å². The topological polar surface area (TPSA) is 47.6 Å². The Morgan fingerprint density at radius 1 is 1.53 bits per heavy atom. The largest absolute Gasteiger partial charge is 0.460 e. The summed E-state index contributed by atoms with van der Waals surface area (Å²) in [5.74, 6) is -0.393. The van der Waals surface area contributed by atoms with Gasteiger partial charge in [-0.05, 0) is 24.2 Å². The molecular formula is C14H18BrNO3. The molecule has 0 amide bonds. The Morgan fingerprint density at radius 2 is 2.37 bits per heavy atom. The molecule has 0 spiro atoms. The Morgan fingerprint density at radius 3 is 3.11 bits per heavy atom. The van der Waals surface area contributed by atoms with E-state index in [0.717, 1.165) is 16.6 Å². The van der Waals surface area contributed by atoms with E-state index in [1.54, 1.807) is 0 Å². The van der Waals surface area contributed by atoms with Crippen molar-refractivity contribution in [2.24, 2.45) is 5.92 Å². The number of carbonyl (C=O) groups excluding carboxylic acids is 1. The van der Waals surface area contributed by atoms with Crippen molar-refractivity contribution in [3.63, 3.8) is 0 Å². The van der Waals surface area contributed by atoms with E-state index in [2.05, 4.69) is 21.2 Å². The molecule has 4 nitrogen and oxygen atoms in total. The molecule has 1 heterocycles. The quantitative estimate of drug-likeness (QED) is 0.841. The second-order valence-corrected chi connectivity index (χ2v) is 5.46. The van der Waals surface area contributed by atoms with Gasteiger partial charge in [-0.15, -0.1) is 0 Å². The molecule has 2 unspecified atom stereocenters. The fraction of sp³-hybridized carbons (Fsp3) is 0.500. The number of ether oxygens (including phenoxy) is 2. The van der Waals surface area contributed by atoms with E-state index in [1.165, 1.54) is 0 Å². The van der Waals surface area contributed by atoms with Crippen LogP contribution in [0, 0.1) is 5.92 Å². The molecule has 19 heavy (non-hydrogen) atoms. The first-order valence-electron chi connectivity index (χ1n) is 6.43. The lowest BCUT2D eigenvalue weighted by molar-refractivity contribution is -0.150. The highest BCUT2D eigenvalue weighted by Gasteiger charge is 2.34. The van der Waals surface area contributed by atoms with E-state index < -0.39 is 0 Å². The number of benzene rings is 1. The van der Waals surface area contributed by atoms with Crippen LogP contribution in [-0.4, -0.2) is 31.8 Å². The van der Waals surface area contributed by atoms with Crippen LogP contribution in [0.25, 0.3) is 0 Å². The molecule has 5 heteroatoms. The second kappa shape index (κ2) is 7.03. The molecule has 0 bridgehead atoms. The van der Waals surface area contributed by atoms with Gasteiger partial charge >= 0.3 is 5.97 Å². The molecule has 0 aromatic heterocycles. The zero-order chi connectivity index (χ0) is 13.7. The van der Waals surface area contributed by atoms with Crippen molar-refractivity contribution in [1.29, 1.82) is 0 Å². The van der Waals surface area contributed by atoms with E-state index in [4.69, 9.17) is 9.47 Å². The van der Waals surface area contributed by atoms with Crippen molar-refractivity contribution < 1.29 is 14.3 Å². The SMILES string of the molecule is CCNC1COCC1C(=O)OCc1cccc(Br)c1. The Balaban J connectivity index is 1.87. The van der Waals surface area contributed by atoms with Crippen LogP contribution in [0.15, 0.2) is 28.7 Å². The summed E-state index contributed by atoms with van der Waals surface area (Å²) in [6.07, 6.45) is 0. The zero-order valence-corrected chi connectivity index (χ0v) is 12.5. The first-order chi connectivity index (χ1) is 9.20. The summed E-state index contributed by atoms with van der Waals surface area (Å²) in [5.41, 5.74) is 0.974. The average molecular weight is 328 g/mol. The number of carbonyl (C=O) groups is 1. The summed E-state index contributed by atoms with van der Waals surface area (Å²) in [7, 11) is 0. The molecule has 2 atom stereocenters. The first-order valence-corrected chi connectivity index (χ1v) is 7.22. The number of likely N-dealkylation sites (N-methyl/N-ethyl adjacent to an activating group) is 1. The number of esters is 1. The lowest BCUT2D eigenvalue weighted by Crippen LogP contribution is -2.39. The maximum absolute atomic E-state index is 12.0. The van der Waals surface area contributed by atoms with Crippen LogP contribution in [0.1, 0.15) is 12.5 Å². The molecule has 1 aliphatic rings. The Hall–Kier alpha value is -0.910. The van der Waals surface area contributed by atoms with Crippen molar-refractivity contribution in [1.82, 2.24) is 5.32 Å². The predicted octanol–water partition coefficient (Wildman–Crippen LogP) is 2.12. The minimum atomic E-state index is -0.202. The van der Waals surface area contributed by atoms with E-state index in [9.17, 15) is 4.79 Å². The summed E-state index contributed by atoms with van der Waals surface area (Å²) < 4.78 is 11.7. The smallest absolute Gasteiger partial charge is 0.313 e. The summed E-state index contributed by atoms with van der Waals surface area (Å²) in [6.45, 7) is 4.15. The zero-order valence-electron chi connectivity index (χ0n) is 10.9. The predicted molar refractivity (Wildman–Crippen MR) is 75.7 cm³/mol. The first kappa shape index (κ1) is 14.5. The standard InChI is InChI=1S/C14H18BrNO3/c1-2-16-13-9-18-8-12(13)14(17)19-7-10-4-3-5-11(15)6-10/h3-6,12-13,16H,2,7-9H2,1H3. The highest BCUT2D eigenvalue weighted by atomic mass is 79.9. The highest BCUT2D eigenvalue weighted by molar-refractivity contribution is 9.10. The maximum atomic E-state index is 12.0. The van der Waals surface area contributed by atoms with Crippen LogP contribution in [-0.2, 0) is 20.9 Å². The fourth-order valence-electron chi connectivity index (χ4n) is 2.14. The molecule has 104 valence electrons. The Kier molecular flexibility index (Phi) is 5.36. The molecule has 0 saturated carbocycles. The second-order valence-electron chi connectivity index (χ2n) is 4.55. The van der Waals surface area contributed by atoms with Crippen molar-refractivity contribution >= 4 is 21.9 Å². The molecule has 1 fully saturated rings. The van der Waals surface area contributed by atoms with E-state index in [-0.39, 0.29) is 17.9 Å². The van der Waals surface area contributed by atoms with Gasteiger partial charge in [0, 0.05) is 10.5 Å². The highest BCUT2D eigenvalue weighted by Crippen LogP contribution is 2.17. The maximum Gasteiger partial charge on any atom is 0.313 e. The monoisotopic (exact) mass is 327 g/mol. The summed E-state index contributed by atoms with van der Waals surface area (Å²) in [4.78, 5) is 12.0. The van der Waals surface area contributed by atoms with Gasteiger partial charge in [0.25, 0.3) is 0 Å². The van der Waals surface area contributed by atoms with Crippen molar-refractivity contribution in [2.75, 3.05) is 19.8 Å². The van der Waals surface area contributed by atoms with Crippen LogP contribution < -0.4 is 5.32 Å². The molecule has 1 aromatic rings. The molecular weight excluding hydrogens is 310 g/mol. The molecule has 2 rings (SSSR count). The van der Waals surface area contributed by atoms with Gasteiger partial charge in [0.05, 0.1) is 19.1 Å². The normalized spacial score (nSPS) is 22.4. The molecule has 0 aliphatic carbocycles. The summed E-state index contributed by atoms with van der Waals surface area (Å²) in [5, 5.41) is 3.25. The fourth-order valence-corrected chi connectivity index (χ4v) is 2.58. The minimum absolute atomic E-state index is 0.0695. The molecule has 1 aromatic carbocycles. The van der Waals surface area contributed by atoms with Gasteiger partial charge < -0.3 is 14.8 Å². The molecule has 1 aliphatic heterocycles. The number of nitrogens with one attached hydrogen (secondary N) is 1. The third-order valence-electron chi connectivity index (χ3n) is 3.12. The van der Waals surface area contributed by atoms with E-state index >= 15 is 0 Å². The molecule has 0 radical (unpaired) electrons. The molecule has 1 N–H and O–H groups in total. The number of halogens is 1. The molecule has 1 saturated heterocycles. The minimum Gasteiger partial charge on any atom is -0.460 e.